The third-order valence-corrected chi connectivity index (χ3v) is 3.32. The first-order valence-electron chi connectivity index (χ1n) is 6.45. The summed E-state index contributed by atoms with van der Waals surface area (Å²) >= 11 is 3.39. The van der Waals surface area contributed by atoms with Crippen molar-refractivity contribution in [3.63, 3.8) is 0 Å². The van der Waals surface area contributed by atoms with E-state index in [9.17, 15) is 4.79 Å². The van der Waals surface area contributed by atoms with Gasteiger partial charge < -0.3 is 14.6 Å². The van der Waals surface area contributed by atoms with Gasteiger partial charge in [-0.05, 0) is 24.3 Å². The molecule has 8 heteroatoms. The smallest absolute Gasteiger partial charge is 0.337 e. The number of ether oxygens (including phenoxy) is 2. The van der Waals surface area contributed by atoms with E-state index in [1.54, 1.807) is 26.5 Å². The lowest BCUT2D eigenvalue weighted by atomic mass is 10.2. The molecule has 0 bridgehead atoms. The average Bonchev–Trinajstić information content (AvgIpc) is 2.54. The Bertz CT molecular complexity index is 732. The highest BCUT2D eigenvalue weighted by atomic mass is 79.9. The van der Waals surface area contributed by atoms with E-state index in [4.69, 9.17) is 14.6 Å². The number of hydrogen-bond donors (Lipinski definition) is 2. The molecule has 7 nitrogen and oxygen atoms in total. The Balaban J connectivity index is 2.17. The van der Waals surface area contributed by atoms with Gasteiger partial charge in [0.25, 0.3) is 0 Å². The predicted octanol–water partition coefficient (Wildman–Crippen LogP) is 3.01. The Hall–Kier alpha value is -2.61. The maximum Gasteiger partial charge on any atom is 0.337 e. The van der Waals surface area contributed by atoms with E-state index in [0.29, 0.717) is 22.9 Å². The van der Waals surface area contributed by atoms with Crippen LogP contribution in [-0.2, 0) is 0 Å². The van der Waals surface area contributed by atoms with E-state index < -0.39 is 5.97 Å². The summed E-state index contributed by atoms with van der Waals surface area (Å²) in [5.41, 5.74) is 3.53. The maximum atomic E-state index is 10.8. The highest BCUT2D eigenvalue weighted by Crippen LogP contribution is 2.33. The molecule has 120 valence electrons. The zero-order valence-electron chi connectivity index (χ0n) is 12.4. The van der Waals surface area contributed by atoms with Crippen LogP contribution < -0.4 is 14.9 Å². The third-order valence-electron chi connectivity index (χ3n) is 2.87. The molecule has 0 saturated heterocycles. The highest BCUT2D eigenvalue weighted by molar-refractivity contribution is 9.10. The van der Waals surface area contributed by atoms with Crippen molar-refractivity contribution in [2.45, 2.75) is 0 Å². The fourth-order valence-corrected chi connectivity index (χ4v) is 2.26. The number of hydrazone groups is 1. The molecule has 0 unspecified atom stereocenters. The molecule has 0 saturated carbocycles. The molecule has 0 fully saturated rings. The van der Waals surface area contributed by atoms with E-state index in [1.165, 1.54) is 18.3 Å². The quantitative estimate of drug-likeness (QED) is 0.591. The topological polar surface area (TPSA) is 93.0 Å². The summed E-state index contributed by atoms with van der Waals surface area (Å²) < 4.78 is 11.4. The number of aromatic carboxylic acids is 1. The second kappa shape index (κ2) is 7.59. The highest BCUT2D eigenvalue weighted by Gasteiger charge is 2.10. The molecule has 0 amide bonds. The molecule has 0 radical (unpaired) electrons. The second-order valence-corrected chi connectivity index (χ2v) is 5.25. The van der Waals surface area contributed by atoms with E-state index in [0.717, 1.165) is 4.47 Å². The number of carboxylic acids is 1. The number of carbonyl (C=O) groups is 1. The summed E-state index contributed by atoms with van der Waals surface area (Å²) in [6.45, 7) is 0. The molecular weight excluding hydrogens is 366 g/mol. The van der Waals surface area contributed by atoms with Crippen molar-refractivity contribution in [2.75, 3.05) is 19.6 Å². The van der Waals surface area contributed by atoms with E-state index in [-0.39, 0.29) is 5.56 Å². The molecule has 0 aliphatic heterocycles. The van der Waals surface area contributed by atoms with Crippen molar-refractivity contribution in [3.05, 3.63) is 46.1 Å². The lowest BCUT2D eigenvalue weighted by Gasteiger charge is -2.10. The number of anilines is 1. The average molecular weight is 380 g/mol. The lowest BCUT2D eigenvalue weighted by Crippen LogP contribution is -2.00. The normalized spacial score (nSPS) is 10.6. The van der Waals surface area contributed by atoms with Crippen LogP contribution in [0.4, 0.5) is 5.82 Å². The number of hydrogen-bond acceptors (Lipinski definition) is 6. The van der Waals surface area contributed by atoms with Gasteiger partial charge in [0.2, 0.25) is 0 Å². The summed E-state index contributed by atoms with van der Waals surface area (Å²) in [6.07, 6.45) is 2.81. The first kappa shape index (κ1) is 16.8. The Morgan fingerprint density at radius 2 is 2.13 bits per heavy atom. The minimum atomic E-state index is -1.03. The fraction of sp³-hybridized carbons (Fsp3) is 0.133. The number of aromatic nitrogens is 1. The van der Waals surface area contributed by atoms with Crippen molar-refractivity contribution in [1.82, 2.24) is 4.98 Å². The number of benzene rings is 1. The number of nitrogens with zero attached hydrogens (tertiary/aromatic N) is 2. The monoisotopic (exact) mass is 379 g/mol. The molecule has 1 heterocycles. The molecule has 2 aromatic rings. The Morgan fingerprint density at radius 1 is 1.35 bits per heavy atom. The van der Waals surface area contributed by atoms with Crippen LogP contribution in [0.5, 0.6) is 11.5 Å². The van der Waals surface area contributed by atoms with Crippen LogP contribution in [-0.4, -0.2) is 36.5 Å². The number of carboxylic acid groups (broad SMARTS) is 1. The van der Waals surface area contributed by atoms with Gasteiger partial charge in [-0.15, -0.1) is 0 Å². The van der Waals surface area contributed by atoms with Gasteiger partial charge in [-0.3, -0.25) is 5.43 Å². The van der Waals surface area contributed by atoms with E-state index >= 15 is 0 Å². The molecule has 1 aromatic heterocycles. The first-order valence-corrected chi connectivity index (χ1v) is 7.24. The minimum absolute atomic E-state index is 0.109. The predicted molar refractivity (Wildman–Crippen MR) is 89.7 cm³/mol. The number of rotatable bonds is 6. The second-order valence-electron chi connectivity index (χ2n) is 4.34. The Morgan fingerprint density at radius 3 is 2.70 bits per heavy atom. The SMILES string of the molecule is COc1cc(Br)cc(/C=N/Nc2ccc(C(=O)O)cn2)c1OC. The summed E-state index contributed by atoms with van der Waals surface area (Å²) in [6, 6.07) is 6.58. The number of pyridine rings is 1. The summed E-state index contributed by atoms with van der Waals surface area (Å²) in [5.74, 6) is 0.522. The van der Waals surface area contributed by atoms with E-state index in [1.807, 2.05) is 6.07 Å². The van der Waals surface area contributed by atoms with Gasteiger partial charge >= 0.3 is 5.97 Å². The lowest BCUT2D eigenvalue weighted by molar-refractivity contribution is 0.0696. The van der Waals surface area contributed by atoms with Crippen LogP contribution in [0, 0.1) is 0 Å². The van der Waals surface area contributed by atoms with Gasteiger partial charge in [0.1, 0.15) is 5.82 Å². The molecule has 2 N–H and O–H groups in total. The minimum Gasteiger partial charge on any atom is -0.493 e. The van der Waals surface area contributed by atoms with Crippen LogP contribution in [0.2, 0.25) is 0 Å². The van der Waals surface area contributed by atoms with Crippen molar-refractivity contribution >= 4 is 33.9 Å². The molecule has 0 aliphatic rings. The van der Waals surface area contributed by atoms with E-state index in [2.05, 4.69) is 31.4 Å². The summed E-state index contributed by atoms with van der Waals surface area (Å²) in [4.78, 5) is 14.7. The van der Waals surface area contributed by atoms with Crippen LogP contribution in [0.1, 0.15) is 15.9 Å². The van der Waals surface area contributed by atoms with Crippen LogP contribution >= 0.6 is 15.9 Å². The van der Waals surface area contributed by atoms with Crippen LogP contribution in [0.25, 0.3) is 0 Å². The van der Waals surface area contributed by atoms with Crippen molar-refractivity contribution in [2.24, 2.45) is 5.10 Å². The molecule has 23 heavy (non-hydrogen) atoms. The largest absolute Gasteiger partial charge is 0.493 e. The van der Waals surface area contributed by atoms with Gasteiger partial charge in [-0.1, -0.05) is 15.9 Å². The van der Waals surface area contributed by atoms with Crippen LogP contribution in [0.3, 0.4) is 0 Å². The Kier molecular flexibility index (Phi) is 5.53. The standard InChI is InChI=1S/C15H14BrN3O4/c1-22-12-6-11(16)5-10(14(12)23-2)8-18-19-13-4-3-9(7-17-13)15(20)21/h3-8H,1-2H3,(H,17,19)(H,20,21)/b18-8+. The molecule has 0 aliphatic carbocycles. The molecule has 1 aromatic carbocycles. The molecule has 0 atom stereocenters. The van der Waals surface area contributed by atoms with Crippen molar-refractivity contribution < 1.29 is 19.4 Å². The van der Waals surface area contributed by atoms with Gasteiger partial charge in [-0.25, -0.2) is 9.78 Å². The summed E-state index contributed by atoms with van der Waals surface area (Å²) in [7, 11) is 3.10. The fourth-order valence-electron chi connectivity index (χ4n) is 1.81. The Labute approximate surface area is 141 Å². The number of halogens is 1. The van der Waals surface area contributed by atoms with Crippen molar-refractivity contribution in [1.29, 1.82) is 0 Å². The third kappa shape index (κ3) is 4.19. The molecular formula is C15H14BrN3O4. The zero-order valence-corrected chi connectivity index (χ0v) is 14.0. The van der Waals surface area contributed by atoms with Gasteiger partial charge in [0.05, 0.1) is 26.0 Å². The first-order chi connectivity index (χ1) is 11.0. The number of methoxy groups -OCH3 is 2. The number of nitrogens with one attached hydrogen (secondary N) is 1. The molecule has 2 rings (SSSR count). The summed E-state index contributed by atoms with van der Waals surface area (Å²) in [5, 5.41) is 12.9. The van der Waals surface area contributed by atoms with Crippen molar-refractivity contribution in [3.8, 4) is 11.5 Å². The zero-order chi connectivity index (χ0) is 16.8. The van der Waals surface area contributed by atoms with Gasteiger partial charge in [0, 0.05) is 16.2 Å². The molecule has 0 spiro atoms. The maximum absolute atomic E-state index is 10.8. The van der Waals surface area contributed by atoms with Crippen LogP contribution in [0.15, 0.2) is 40.0 Å². The van der Waals surface area contributed by atoms with Gasteiger partial charge in [0.15, 0.2) is 11.5 Å². The van der Waals surface area contributed by atoms with Gasteiger partial charge in [-0.2, -0.15) is 5.10 Å².